The molecule has 0 radical (unpaired) electrons. The van der Waals surface area contributed by atoms with Crippen LogP contribution in [0.3, 0.4) is 0 Å². The number of benzene rings is 1. The Morgan fingerprint density at radius 2 is 2.07 bits per heavy atom. The summed E-state index contributed by atoms with van der Waals surface area (Å²) < 4.78 is 10.6. The van der Waals surface area contributed by atoms with E-state index in [1.807, 2.05) is 6.07 Å². The van der Waals surface area contributed by atoms with Crippen molar-refractivity contribution < 1.29 is 9.47 Å². The molecule has 0 aliphatic rings. The lowest BCUT2D eigenvalue weighted by molar-refractivity contribution is 0.172. The molecule has 0 saturated carbocycles. The summed E-state index contributed by atoms with van der Waals surface area (Å²) in [6.45, 7) is 3.53. The lowest BCUT2D eigenvalue weighted by atomic mass is 10.1. The zero-order chi connectivity index (χ0) is 11.1. The van der Waals surface area contributed by atoms with Crippen molar-refractivity contribution >= 4 is 15.9 Å². The van der Waals surface area contributed by atoms with Crippen molar-refractivity contribution in [1.82, 2.24) is 0 Å². The summed E-state index contributed by atoms with van der Waals surface area (Å²) in [6, 6.07) is 6.23. The van der Waals surface area contributed by atoms with E-state index in [4.69, 9.17) is 9.47 Å². The maximum Gasteiger partial charge on any atom is 0.123 e. The third kappa shape index (κ3) is 4.22. The summed E-state index contributed by atoms with van der Waals surface area (Å²) in [5, 5.41) is 0.828. The first kappa shape index (κ1) is 12.5. The fourth-order valence-electron chi connectivity index (χ4n) is 1.34. The van der Waals surface area contributed by atoms with E-state index in [0.29, 0.717) is 6.61 Å². The maximum absolute atomic E-state index is 5.68. The molecule has 0 aliphatic heterocycles. The number of aryl methyl sites for hydroxylation is 1. The summed E-state index contributed by atoms with van der Waals surface area (Å²) in [4.78, 5) is 0. The molecule has 0 unspecified atom stereocenters. The molecule has 84 valence electrons. The van der Waals surface area contributed by atoms with Crippen molar-refractivity contribution in [3.8, 4) is 5.75 Å². The normalized spacial score (nSPS) is 10.3. The largest absolute Gasteiger partial charge is 0.493 e. The molecule has 0 aromatic heterocycles. The van der Waals surface area contributed by atoms with Crippen molar-refractivity contribution in [2.45, 2.75) is 18.7 Å². The number of hydrogen-bond acceptors (Lipinski definition) is 2. The minimum absolute atomic E-state index is 0.705. The SMILES string of the molecule is COCCCOc1ccc(C)cc1CBr. The summed E-state index contributed by atoms with van der Waals surface area (Å²) in [7, 11) is 1.70. The average Bonchev–Trinajstić information content (AvgIpc) is 2.26. The van der Waals surface area contributed by atoms with Crippen LogP contribution < -0.4 is 4.74 Å². The van der Waals surface area contributed by atoms with E-state index in [-0.39, 0.29) is 0 Å². The standard InChI is InChI=1S/C12H17BrO2/c1-10-4-5-12(11(8-10)9-13)15-7-3-6-14-2/h4-5,8H,3,6-7,9H2,1-2H3. The van der Waals surface area contributed by atoms with E-state index in [2.05, 4.69) is 35.0 Å². The van der Waals surface area contributed by atoms with E-state index in [0.717, 1.165) is 24.1 Å². The van der Waals surface area contributed by atoms with Gasteiger partial charge in [0.2, 0.25) is 0 Å². The molecule has 0 spiro atoms. The molecular formula is C12H17BrO2. The molecule has 0 N–H and O–H groups in total. The van der Waals surface area contributed by atoms with Crippen LogP contribution >= 0.6 is 15.9 Å². The number of hydrogen-bond donors (Lipinski definition) is 0. The third-order valence-electron chi connectivity index (χ3n) is 2.11. The Labute approximate surface area is 99.7 Å². The van der Waals surface area contributed by atoms with Crippen LogP contribution in [-0.4, -0.2) is 20.3 Å². The molecular weight excluding hydrogens is 256 g/mol. The zero-order valence-corrected chi connectivity index (χ0v) is 10.8. The van der Waals surface area contributed by atoms with Gasteiger partial charge in [-0.15, -0.1) is 0 Å². The van der Waals surface area contributed by atoms with Crippen LogP contribution in [0.1, 0.15) is 17.5 Å². The summed E-state index contributed by atoms with van der Waals surface area (Å²) in [5.41, 5.74) is 2.46. The number of ether oxygens (including phenoxy) is 2. The van der Waals surface area contributed by atoms with Gasteiger partial charge in [-0.1, -0.05) is 33.6 Å². The molecule has 0 atom stereocenters. The van der Waals surface area contributed by atoms with E-state index in [9.17, 15) is 0 Å². The topological polar surface area (TPSA) is 18.5 Å². The third-order valence-corrected chi connectivity index (χ3v) is 2.71. The van der Waals surface area contributed by atoms with Crippen molar-refractivity contribution in [3.05, 3.63) is 29.3 Å². The van der Waals surface area contributed by atoms with Gasteiger partial charge in [-0.2, -0.15) is 0 Å². The van der Waals surface area contributed by atoms with E-state index < -0.39 is 0 Å². The quantitative estimate of drug-likeness (QED) is 0.585. The van der Waals surface area contributed by atoms with Gasteiger partial charge in [-0.05, 0) is 13.0 Å². The predicted octanol–water partition coefficient (Wildman–Crippen LogP) is 3.31. The zero-order valence-electron chi connectivity index (χ0n) is 9.25. The Morgan fingerprint density at radius 3 is 2.73 bits per heavy atom. The van der Waals surface area contributed by atoms with Crippen molar-refractivity contribution in [2.24, 2.45) is 0 Å². The van der Waals surface area contributed by atoms with E-state index >= 15 is 0 Å². The molecule has 0 saturated heterocycles. The first-order chi connectivity index (χ1) is 7.27. The predicted molar refractivity (Wildman–Crippen MR) is 65.8 cm³/mol. The fourth-order valence-corrected chi connectivity index (χ4v) is 1.78. The van der Waals surface area contributed by atoms with Gasteiger partial charge >= 0.3 is 0 Å². The van der Waals surface area contributed by atoms with Crippen LogP contribution in [0.15, 0.2) is 18.2 Å². The van der Waals surface area contributed by atoms with Gasteiger partial charge in [0.1, 0.15) is 5.75 Å². The molecule has 0 fully saturated rings. The molecule has 0 heterocycles. The van der Waals surface area contributed by atoms with Crippen LogP contribution in [0.5, 0.6) is 5.75 Å². The minimum atomic E-state index is 0.705. The van der Waals surface area contributed by atoms with Gasteiger partial charge in [0.25, 0.3) is 0 Å². The first-order valence-electron chi connectivity index (χ1n) is 5.05. The van der Waals surface area contributed by atoms with Crippen molar-refractivity contribution in [2.75, 3.05) is 20.3 Å². The highest BCUT2D eigenvalue weighted by atomic mass is 79.9. The fraction of sp³-hybridized carbons (Fsp3) is 0.500. The summed E-state index contributed by atoms with van der Waals surface area (Å²) in [5.74, 6) is 0.966. The Bertz CT molecular complexity index is 300. The van der Waals surface area contributed by atoms with E-state index in [1.165, 1.54) is 11.1 Å². The van der Waals surface area contributed by atoms with Crippen LogP contribution in [-0.2, 0) is 10.1 Å². The van der Waals surface area contributed by atoms with Gasteiger partial charge < -0.3 is 9.47 Å². The number of halogens is 1. The van der Waals surface area contributed by atoms with Gasteiger partial charge in [0, 0.05) is 31.0 Å². The molecule has 1 rings (SSSR count). The molecule has 0 amide bonds. The number of rotatable bonds is 6. The van der Waals surface area contributed by atoms with Gasteiger partial charge in [-0.3, -0.25) is 0 Å². The lowest BCUT2D eigenvalue weighted by Crippen LogP contribution is -2.02. The highest BCUT2D eigenvalue weighted by Gasteiger charge is 2.02. The Kier molecular flexibility index (Phi) is 5.73. The second-order valence-corrected chi connectivity index (χ2v) is 4.00. The molecule has 3 heteroatoms. The average molecular weight is 273 g/mol. The van der Waals surface area contributed by atoms with Crippen LogP contribution in [0.25, 0.3) is 0 Å². The smallest absolute Gasteiger partial charge is 0.123 e. The maximum atomic E-state index is 5.68. The Morgan fingerprint density at radius 1 is 1.27 bits per heavy atom. The Hall–Kier alpha value is -0.540. The second-order valence-electron chi connectivity index (χ2n) is 3.44. The first-order valence-corrected chi connectivity index (χ1v) is 6.17. The molecule has 0 aliphatic carbocycles. The van der Waals surface area contributed by atoms with Gasteiger partial charge in [-0.25, -0.2) is 0 Å². The van der Waals surface area contributed by atoms with Crippen LogP contribution in [0.2, 0.25) is 0 Å². The lowest BCUT2D eigenvalue weighted by Gasteiger charge is -2.10. The molecule has 15 heavy (non-hydrogen) atoms. The molecule has 2 nitrogen and oxygen atoms in total. The summed E-state index contributed by atoms with van der Waals surface area (Å²) in [6.07, 6.45) is 0.923. The second kappa shape index (κ2) is 6.85. The van der Waals surface area contributed by atoms with Crippen molar-refractivity contribution in [3.63, 3.8) is 0 Å². The van der Waals surface area contributed by atoms with E-state index in [1.54, 1.807) is 7.11 Å². The number of alkyl halides is 1. The minimum Gasteiger partial charge on any atom is -0.493 e. The van der Waals surface area contributed by atoms with Gasteiger partial charge in [0.05, 0.1) is 6.61 Å². The summed E-state index contributed by atoms with van der Waals surface area (Å²) >= 11 is 3.46. The molecule has 1 aromatic rings. The molecule has 1 aromatic carbocycles. The van der Waals surface area contributed by atoms with Crippen LogP contribution in [0, 0.1) is 6.92 Å². The molecule has 0 bridgehead atoms. The number of methoxy groups -OCH3 is 1. The van der Waals surface area contributed by atoms with Crippen LogP contribution in [0.4, 0.5) is 0 Å². The highest BCUT2D eigenvalue weighted by Crippen LogP contribution is 2.22. The Balaban J connectivity index is 2.52. The van der Waals surface area contributed by atoms with Gasteiger partial charge in [0.15, 0.2) is 0 Å². The monoisotopic (exact) mass is 272 g/mol. The highest BCUT2D eigenvalue weighted by molar-refractivity contribution is 9.08. The van der Waals surface area contributed by atoms with Crippen molar-refractivity contribution in [1.29, 1.82) is 0 Å².